The summed E-state index contributed by atoms with van der Waals surface area (Å²) in [4.78, 5) is 30.5. The maximum Gasteiger partial charge on any atom is 0.319 e. The summed E-state index contributed by atoms with van der Waals surface area (Å²) >= 11 is 0. The van der Waals surface area contributed by atoms with Gasteiger partial charge in [0.1, 0.15) is 5.82 Å². The molecule has 8 heteroatoms. The molecule has 0 saturated heterocycles. The zero-order chi connectivity index (χ0) is 18.7. The van der Waals surface area contributed by atoms with Gasteiger partial charge in [-0.2, -0.15) is 0 Å². The maximum atomic E-state index is 12.0. The first-order valence-corrected chi connectivity index (χ1v) is 8.41. The molecule has 3 rings (SSSR count). The van der Waals surface area contributed by atoms with E-state index in [1.165, 1.54) is 6.07 Å². The number of aliphatic hydroxyl groups excluding tert-OH is 2. The van der Waals surface area contributed by atoms with E-state index in [0.717, 1.165) is 5.56 Å². The molecule has 0 unspecified atom stereocenters. The van der Waals surface area contributed by atoms with Crippen molar-refractivity contribution in [2.75, 3.05) is 18.5 Å². The Morgan fingerprint density at radius 3 is 2.50 bits per heavy atom. The van der Waals surface area contributed by atoms with Crippen LogP contribution in [0, 0.1) is 12.3 Å². The van der Waals surface area contributed by atoms with Crippen molar-refractivity contribution in [1.29, 1.82) is 0 Å². The number of hydrogen-bond acceptors (Lipinski definition) is 5. The van der Waals surface area contributed by atoms with Crippen molar-refractivity contribution < 1.29 is 15.0 Å². The second-order valence-electron chi connectivity index (χ2n) is 6.81. The summed E-state index contributed by atoms with van der Waals surface area (Å²) in [7, 11) is 0. The number of urea groups is 1. The number of hydrogen-bond donors (Lipinski definition) is 5. The van der Waals surface area contributed by atoms with Gasteiger partial charge in [0.15, 0.2) is 0 Å². The highest BCUT2D eigenvalue weighted by atomic mass is 16.3. The number of carbonyl (C=O) groups is 1. The van der Waals surface area contributed by atoms with Crippen LogP contribution in [0.3, 0.4) is 0 Å². The molecule has 2 amide bonds. The quantitative estimate of drug-likeness (QED) is 0.545. The minimum atomic E-state index is -0.474. The van der Waals surface area contributed by atoms with Crippen LogP contribution in [-0.4, -0.2) is 45.5 Å². The molecule has 1 aliphatic carbocycles. The lowest BCUT2D eigenvalue weighted by molar-refractivity contribution is -0.0283. The third-order valence-corrected chi connectivity index (χ3v) is 4.66. The van der Waals surface area contributed by atoms with Gasteiger partial charge in [-0.15, -0.1) is 0 Å². The number of amides is 2. The van der Waals surface area contributed by atoms with Gasteiger partial charge in [-0.05, 0) is 31.9 Å². The van der Waals surface area contributed by atoms with Crippen molar-refractivity contribution in [3.63, 3.8) is 0 Å². The van der Waals surface area contributed by atoms with E-state index in [1.807, 2.05) is 0 Å². The number of nitrogens with zero attached hydrogens (tertiary/aromatic N) is 1. The van der Waals surface area contributed by atoms with Crippen LogP contribution in [0.4, 0.5) is 10.5 Å². The van der Waals surface area contributed by atoms with E-state index in [0.29, 0.717) is 30.0 Å². The molecule has 5 N–H and O–H groups in total. The van der Waals surface area contributed by atoms with Gasteiger partial charge in [0, 0.05) is 28.8 Å². The molecule has 1 aliphatic rings. The summed E-state index contributed by atoms with van der Waals surface area (Å²) in [6, 6.07) is 8.06. The molecule has 1 aromatic heterocycles. The fourth-order valence-corrected chi connectivity index (χ4v) is 3.20. The minimum absolute atomic E-state index is 0.0585. The van der Waals surface area contributed by atoms with Gasteiger partial charge in [-0.3, -0.25) is 4.79 Å². The predicted octanol–water partition coefficient (Wildman–Crippen LogP) is 1.00. The average molecular weight is 358 g/mol. The summed E-state index contributed by atoms with van der Waals surface area (Å²) in [6.07, 6.45) is 1.11. The number of aliphatic hydroxyl groups is 2. The number of benzene rings is 1. The van der Waals surface area contributed by atoms with Gasteiger partial charge < -0.3 is 25.8 Å². The number of rotatable bonds is 5. The number of anilines is 1. The fraction of sp³-hybridized carbons (Fsp3) is 0.389. The number of aromatic nitrogens is 2. The van der Waals surface area contributed by atoms with E-state index in [2.05, 4.69) is 20.6 Å². The number of nitrogens with one attached hydrogen (secondary N) is 3. The van der Waals surface area contributed by atoms with Crippen molar-refractivity contribution in [3.05, 3.63) is 46.5 Å². The molecule has 26 heavy (non-hydrogen) atoms. The van der Waals surface area contributed by atoms with Crippen LogP contribution < -0.4 is 16.2 Å². The molecular formula is C18H22N4O4. The summed E-state index contributed by atoms with van der Waals surface area (Å²) in [5.74, 6) is 0.538. The first-order valence-electron chi connectivity index (χ1n) is 8.41. The Morgan fingerprint density at radius 1 is 1.27 bits per heavy atom. The van der Waals surface area contributed by atoms with Crippen LogP contribution in [0.5, 0.6) is 0 Å². The molecule has 2 aromatic rings. The molecule has 0 spiro atoms. The van der Waals surface area contributed by atoms with Crippen LogP contribution in [0.25, 0.3) is 11.3 Å². The Morgan fingerprint density at radius 2 is 1.92 bits per heavy atom. The largest absolute Gasteiger partial charge is 0.396 e. The fourth-order valence-electron chi connectivity index (χ4n) is 3.20. The van der Waals surface area contributed by atoms with Crippen molar-refractivity contribution in [2.45, 2.75) is 25.8 Å². The second kappa shape index (κ2) is 7.27. The highest BCUT2D eigenvalue weighted by Crippen LogP contribution is 2.40. The van der Waals surface area contributed by atoms with Crippen LogP contribution >= 0.6 is 0 Å². The van der Waals surface area contributed by atoms with Crippen LogP contribution in [0.15, 0.2) is 35.1 Å². The van der Waals surface area contributed by atoms with Crippen molar-refractivity contribution in [3.8, 4) is 11.3 Å². The monoisotopic (exact) mass is 358 g/mol. The number of aryl methyl sites for hydroxylation is 1. The molecule has 1 aromatic carbocycles. The van der Waals surface area contributed by atoms with E-state index >= 15 is 0 Å². The molecular weight excluding hydrogens is 336 g/mol. The molecule has 0 aliphatic heterocycles. The topological polar surface area (TPSA) is 127 Å². The van der Waals surface area contributed by atoms with Crippen LogP contribution in [0.1, 0.15) is 18.7 Å². The first-order chi connectivity index (χ1) is 12.4. The van der Waals surface area contributed by atoms with Gasteiger partial charge in [-0.1, -0.05) is 12.1 Å². The molecule has 1 heterocycles. The zero-order valence-electron chi connectivity index (χ0n) is 14.5. The first kappa shape index (κ1) is 18.1. The van der Waals surface area contributed by atoms with Crippen LogP contribution in [0.2, 0.25) is 0 Å². The Labute approximate surface area is 150 Å². The highest BCUT2D eigenvalue weighted by Gasteiger charge is 2.43. The van der Waals surface area contributed by atoms with Gasteiger partial charge in [-0.25, -0.2) is 9.78 Å². The predicted molar refractivity (Wildman–Crippen MR) is 96.8 cm³/mol. The molecule has 0 radical (unpaired) electrons. The van der Waals surface area contributed by atoms with Gasteiger partial charge >= 0.3 is 6.03 Å². The normalized spacial score (nSPS) is 16.0. The Bertz CT molecular complexity index is 835. The van der Waals surface area contributed by atoms with Crippen molar-refractivity contribution in [2.24, 2.45) is 5.41 Å². The maximum absolute atomic E-state index is 12.0. The molecule has 138 valence electrons. The standard InChI is InChI=1S/C18H22N4O4/c1-11-19-15(6-16(25)20-11)12-2-4-13(5-3-12)21-17(26)22-14-7-18(8-14,9-23)10-24/h2-6,14,23-24H,7-10H2,1H3,(H,19,20,25)(H2,21,22,26). The highest BCUT2D eigenvalue weighted by molar-refractivity contribution is 5.89. The summed E-state index contributed by atoms with van der Waals surface area (Å²) in [5.41, 5.74) is 1.28. The third-order valence-electron chi connectivity index (χ3n) is 4.66. The van der Waals surface area contributed by atoms with E-state index in [1.54, 1.807) is 31.2 Å². The average Bonchev–Trinajstić information content (AvgIpc) is 2.57. The molecule has 1 saturated carbocycles. The zero-order valence-corrected chi connectivity index (χ0v) is 14.5. The Balaban J connectivity index is 1.58. The van der Waals surface area contributed by atoms with E-state index in [9.17, 15) is 19.8 Å². The molecule has 8 nitrogen and oxygen atoms in total. The summed E-state index contributed by atoms with van der Waals surface area (Å²) in [5, 5.41) is 24.1. The lowest BCUT2D eigenvalue weighted by Crippen LogP contribution is -2.54. The number of H-pyrrole nitrogens is 1. The molecule has 0 atom stereocenters. The minimum Gasteiger partial charge on any atom is -0.396 e. The lowest BCUT2D eigenvalue weighted by atomic mass is 9.66. The number of carbonyl (C=O) groups excluding carboxylic acids is 1. The van der Waals surface area contributed by atoms with E-state index in [-0.39, 0.29) is 30.8 Å². The van der Waals surface area contributed by atoms with Crippen molar-refractivity contribution >= 4 is 11.7 Å². The Kier molecular flexibility index (Phi) is 5.06. The lowest BCUT2D eigenvalue weighted by Gasteiger charge is -2.45. The van der Waals surface area contributed by atoms with Gasteiger partial charge in [0.25, 0.3) is 5.56 Å². The van der Waals surface area contributed by atoms with Crippen molar-refractivity contribution in [1.82, 2.24) is 15.3 Å². The van der Waals surface area contributed by atoms with E-state index < -0.39 is 5.41 Å². The summed E-state index contributed by atoms with van der Waals surface area (Å²) in [6.45, 7) is 1.55. The van der Waals surface area contributed by atoms with E-state index in [4.69, 9.17) is 0 Å². The number of aromatic amines is 1. The molecule has 1 fully saturated rings. The van der Waals surface area contributed by atoms with Gasteiger partial charge in [0.2, 0.25) is 0 Å². The molecule has 0 bridgehead atoms. The SMILES string of the molecule is Cc1nc(-c2ccc(NC(=O)NC3CC(CO)(CO)C3)cc2)cc(=O)[nH]1. The van der Waals surface area contributed by atoms with Gasteiger partial charge in [0.05, 0.1) is 18.9 Å². The second-order valence-corrected chi connectivity index (χ2v) is 6.81. The third kappa shape index (κ3) is 3.92. The summed E-state index contributed by atoms with van der Waals surface area (Å²) < 4.78 is 0. The smallest absolute Gasteiger partial charge is 0.319 e. The van der Waals surface area contributed by atoms with Crippen LogP contribution in [-0.2, 0) is 0 Å². The Hall–Kier alpha value is -2.71.